The van der Waals surface area contributed by atoms with Gasteiger partial charge in [0.25, 0.3) is 17.9 Å². The first-order chi connectivity index (χ1) is 11.1. The maximum absolute atomic E-state index is 12.3. The van der Waals surface area contributed by atoms with Gasteiger partial charge in [-0.3, -0.25) is 4.79 Å². The highest BCUT2D eigenvalue weighted by Crippen LogP contribution is 2.16. The Hall–Kier alpha value is -2.98. The topological polar surface area (TPSA) is 128 Å². The number of carbonyl (C=O) groups is 1. The Balaban J connectivity index is 1.54. The van der Waals surface area contributed by atoms with E-state index in [9.17, 15) is 4.79 Å². The zero-order chi connectivity index (χ0) is 16.2. The molecule has 2 aromatic rings. The van der Waals surface area contributed by atoms with Crippen LogP contribution in [0.1, 0.15) is 12.7 Å². The smallest absolute Gasteiger partial charge is 0.297 e. The predicted molar refractivity (Wildman–Crippen MR) is 80.9 cm³/mol. The summed E-state index contributed by atoms with van der Waals surface area (Å²) in [5.41, 5.74) is 2.93. The van der Waals surface area contributed by atoms with Gasteiger partial charge in [0.15, 0.2) is 0 Å². The first-order valence-corrected chi connectivity index (χ1v) is 7.14. The van der Waals surface area contributed by atoms with E-state index in [-0.39, 0.29) is 11.9 Å². The van der Waals surface area contributed by atoms with Crippen LogP contribution < -0.4 is 10.3 Å². The third kappa shape index (κ3) is 3.44. The van der Waals surface area contributed by atoms with E-state index in [1.54, 1.807) is 18.0 Å². The molecule has 3 heterocycles. The zero-order valence-corrected chi connectivity index (χ0v) is 12.9. The molecule has 0 aliphatic carbocycles. The monoisotopic (exact) mass is 319 g/mol. The summed E-state index contributed by atoms with van der Waals surface area (Å²) in [5.74, 6) is 0.920. The van der Waals surface area contributed by atoms with Gasteiger partial charge in [0, 0.05) is 26.2 Å². The molecule has 1 aliphatic rings. The second kappa shape index (κ2) is 6.42. The van der Waals surface area contributed by atoms with Crippen LogP contribution in [0, 0.1) is 6.92 Å². The first kappa shape index (κ1) is 14.9. The lowest BCUT2D eigenvalue weighted by atomic mass is 10.3. The molecular formula is C12H17N9O2. The number of nitrogens with zero attached hydrogens (tertiary/aromatic N) is 7. The lowest BCUT2D eigenvalue weighted by Crippen LogP contribution is -2.50. The Morgan fingerprint density at radius 2 is 2.17 bits per heavy atom. The molecule has 2 N–H and O–H groups in total. The van der Waals surface area contributed by atoms with E-state index in [1.165, 1.54) is 0 Å². The summed E-state index contributed by atoms with van der Waals surface area (Å²) in [4.78, 5) is 20.3. The molecule has 23 heavy (non-hydrogen) atoms. The van der Waals surface area contributed by atoms with Crippen LogP contribution in [0.25, 0.3) is 0 Å². The van der Waals surface area contributed by atoms with Crippen LogP contribution in [0.3, 0.4) is 0 Å². The van der Waals surface area contributed by atoms with E-state index in [0.717, 1.165) is 5.76 Å². The highest BCUT2D eigenvalue weighted by Gasteiger charge is 2.24. The van der Waals surface area contributed by atoms with E-state index in [1.807, 2.05) is 11.8 Å². The average Bonchev–Trinajstić information content (AvgIpc) is 3.23. The quantitative estimate of drug-likeness (QED) is 0.577. The zero-order valence-electron chi connectivity index (χ0n) is 12.9. The summed E-state index contributed by atoms with van der Waals surface area (Å²) in [6, 6.07) is 0.597. The van der Waals surface area contributed by atoms with E-state index in [2.05, 4.69) is 36.1 Å². The number of oxazole rings is 1. The lowest BCUT2D eigenvalue weighted by molar-refractivity contribution is -0.124. The summed E-state index contributed by atoms with van der Waals surface area (Å²) >= 11 is 0. The molecule has 0 aromatic carbocycles. The molecule has 11 nitrogen and oxygen atoms in total. The summed E-state index contributed by atoms with van der Waals surface area (Å²) in [7, 11) is 0. The molecule has 0 bridgehead atoms. The Bertz CT molecular complexity index is 685. The van der Waals surface area contributed by atoms with Crippen molar-refractivity contribution < 1.29 is 9.21 Å². The molecule has 1 amide bonds. The van der Waals surface area contributed by atoms with Gasteiger partial charge in [0.2, 0.25) is 0 Å². The third-order valence-corrected chi connectivity index (χ3v) is 3.43. The molecule has 0 spiro atoms. The SMILES string of the molecule is C/C(=N\Nc1nnn[nH]1)C(=O)N1CCN(c2ncc(C)o2)CC1. The van der Waals surface area contributed by atoms with Crippen LogP contribution in [0.15, 0.2) is 15.7 Å². The van der Waals surface area contributed by atoms with Crippen molar-refractivity contribution >= 4 is 23.6 Å². The Morgan fingerprint density at radius 3 is 2.78 bits per heavy atom. The highest BCUT2D eigenvalue weighted by atomic mass is 16.4. The molecule has 0 radical (unpaired) electrons. The molecule has 2 aromatic heterocycles. The number of hydrazone groups is 1. The van der Waals surface area contributed by atoms with Crippen molar-refractivity contribution in [3.8, 4) is 0 Å². The number of aromatic amines is 1. The number of aryl methyl sites for hydroxylation is 1. The van der Waals surface area contributed by atoms with Crippen molar-refractivity contribution in [3.05, 3.63) is 12.0 Å². The van der Waals surface area contributed by atoms with Crippen molar-refractivity contribution in [2.75, 3.05) is 36.5 Å². The van der Waals surface area contributed by atoms with Crippen LogP contribution in [-0.4, -0.2) is 68.3 Å². The second-order valence-electron chi connectivity index (χ2n) is 5.09. The number of aromatic nitrogens is 5. The number of piperazine rings is 1. The fourth-order valence-electron chi connectivity index (χ4n) is 2.21. The maximum Gasteiger partial charge on any atom is 0.297 e. The van der Waals surface area contributed by atoms with Crippen molar-refractivity contribution in [1.29, 1.82) is 0 Å². The molecule has 0 atom stereocenters. The molecular weight excluding hydrogens is 302 g/mol. The summed E-state index contributed by atoms with van der Waals surface area (Å²) < 4.78 is 5.50. The minimum atomic E-state index is -0.131. The normalized spacial score (nSPS) is 15.8. The van der Waals surface area contributed by atoms with Gasteiger partial charge < -0.3 is 14.2 Å². The third-order valence-electron chi connectivity index (χ3n) is 3.43. The molecule has 1 fully saturated rings. The standard InChI is InChI=1S/C12H17N9O2/c1-8-7-13-12(23-8)21-5-3-20(4-6-21)10(22)9(2)14-15-11-16-18-19-17-11/h7H,3-6H2,1-2H3,(H2,15,16,17,18,19)/b14-9+. The van der Waals surface area contributed by atoms with Gasteiger partial charge in [-0.25, -0.2) is 15.5 Å². The summed E-state index contributed by atoms with van der Waals surface area (Å²) in [6.45, 7) is 5.99. The number of amides is 1. The van der Waals surface area contributed by atoms with Gasteiger partial charge in [-0.15, -0.1) is 0 Å². The summed E-state index contributed by atoms with van der Waals surface area (Å²) in [5, 5.41) is 16.9. The van der Waals surface area contributed by atoms with E-state index in [0.29, 0.717) is 37.9 Å². The van der Waals surface area contributed by atoms with E-state index >= 15 is 0 Å². The molecule has 11 heteroatoms. The van der Waals surface area contributed by atoms with Crippen LogP contribution in [-0.2, 0) is 4.79 Å². The number of nitrogens with one attached hydrogen (secondary N) is 2. The Morgan fingerprint density at radius 1 is 1.39 bits per heavy atom. The number of hydrogen-bond acceptors (Lipinski definition) is 9. The molecule has 1 saturated heterocycles. The fraction of sp³-hybridized carbons (Fsp3) is 0.500. The fourth-order valence-corrected chi connectivity index (χ4v) is 2.21. The number of rotatable bonds is 4. The summed E-state index contributed by atoms with van der Waals surface area (Å²) in [6.07, 6.45) is 1.69. The highest BCUT2D eigenvalue weighted by molar-refractivity contribution is 6.37. The number of carbonyl (C=O) groups excluding carboxylic acids is 1. The molecule has 0 unspecified atom stereocenters. The van der Waals surface area contributed by atoms with Gasteiger partial charge >= 0.3 is 0 Å². The van der Waals surface area contributed by atoms with E-state index < -0.39 is 0 Å². The van der Waals surface area contributed by atoms with Gasteiger partial charge in [0.05, 0.1) is 6.20 Å². The average molecular weight is 319 g/mol. The molecule has 0 saturated carbocycles. The number of hydrogen-bond donors (Lipinski definition) is 2. The van der Waals surface area contributed by atoms with Crippen LogP contribution >= 0.6 is 0 Å². The first-order valence-electron chi connectivity index (χ1n) is 7.14. The van der Waals surface area contributed by atoms with Gasteiger partial charge in [-0.2, -0.15) is 5.10 Å². The maximum atomic E-state index is 12.3. The second-order valence-corrected chi connectivity index (χ2v) is 5.09. The van der Waals surface area contributed by atoms with E-state index in [4.69, 9.17) is 4.42 Å². The van der Waals surface area contributed by atoms with Gasteiger partial charge in [-0.05, 0) is 24.3 Å². The largest absolute Gasteiger partial charge is 0.429 e. The Kier molecular flexibility index (Phi) is 4.17. The molecule has 3 rings (SSSR count). The van der Waals surface area contributed by atoms with Crippen LogP contribution in [0.2, 0.25) is 0 Å². The minimum absolute atomic E-state index is 0.131. The van der Waals surface area contributed by atoms with Crippen LogP contribution in [0.5, 0.6) is 0 Å². The lowest BCUT2D eigenvalue weighted by Gasteiger charge is -2.33. The number of tetrazole rings is 1. The predicted octanol–water partition coefficient (Wildman–Crippen LogP) is -0.367. The van der Waals surface area contributed by atoms with Crippen molar-refractivity contribution in [1.82, 2.24) is 30.5 Å². The molecule has 1 aliphatic heterocycles. The number of H-pyrrole nitrogens is 1. The van der Waals surface area contributed by atoms with Gasteiger partial charge in [0.1, 0.15) is 11.5 Å². The Labute approximate surface area is 131 Å². The minimum Gasteiger partial charge on any atom is -0.429 e. The molecule has 122 valence electrons. The van der Waals surface area contributed by atoms with Crippen molar-refractivity contribution in [3.63, 3.8) is 0 Å². The van der Waals surface area contributed by atoms with Gasteiger partial charge in [-0.1, -0.05) is 5.10 Å². The van der Waals surface area contributed by atoms with Crippen molar-refractivity contribution in [2.45, 2.75) is 13.8 Å². The van der Waals surface area contributed by atoms with Crippen molar-refractivity contribution in [2.24, 2.45) is 5.10 Å². The van der Waals surface area contributed by atoms with Crippen LogP contribution in [0.4, 0.5) is 12.0 Å². The number of anilines is 2.